The highest BCUT2D eigenvalue weighted by Gasteiger charge is 2.23. The molecule has 1 aromatic carbocycles. The predicted molar refractivity (Wildman–Crippen MR) is 76.4 cm³/mol. The Labute approximate surface area is 118 Å². The highest BCUT2D eigenvalue weighted by atomic mass is 16.5. The van der Waals surface area contributed by atoms with E-state index in [1.54, 1.807) is 0 Å². The summed E-state index contributed by atoms with van der Waals surface area (Å²) in [5, 5.41) is 12.6. The molecule has 1 aliphatic heterocycles. The zero-order chi connectivity index (χ0) is 14.1. The first kappa shape index (κ1) is 12.8. The van der Waals surface area contributed by atoms with E-state index in [0.29, 0.717) is 12.3 Å². The smallest absolute Gasteiger partial charge is 0.124 e. The summed E-state index contributed by atoms with van der Waals surface area (Å²) in [6.45, 7) is 3.44. The average Bonchev–Trinajstić information content (AvgIpc) is 3.00. The number of rotatable bonds is 3. The fraction of sp³-hybridized carbons (Fsp3) is 0.312. The van der Waals surface area contributed by atoms with Crippen LogP contribution in [0.5, 0.6) is 5.75 Å². The van der Waals surface area contributed by atoms with Gasteiger partial charge >= 0.3 is 0 Å². The number of fused-ring (bicyclic) bond motifs is 1. The van der Waals surface area contributed by atoms with Gasteiger partial charge in [0.25, 0.3) is 0 Å². The van der Waals surface area contributed by atoms with Crippen molar-refractivity contribution in [2.45, 2.75) is 19.5 Å². The molecule has 2 heterocycles. The zero-order valence-electron chi connectivity index (χ0n) is 11.7. The first-order chi connectivity index (χ1) is 9.70. The van der Waals surface area contributed by atoms with Crippen LogP contribution in [0.25, 0.3) is 0 Å². The summed E-state index contributed by atoms with van der Waals surface area (Å²) in [4.78, 5) is 0. The Morgan fingerprint density at radius 1 is 1.45 bits per heavy atom. The molecule has 20 heavy (non-hydrogen) atoms. The third-order valence-corrected chi connectivity index (χ3v) is 3.99. The number of nitrogens with zero attached hydrogens (tertiary/aromatic N) is 2. The Balaban J connectivity index is 1.74. The number of hydrogen-bond donors (Lipinski definition) is 1. The molecule has 0 radical (unpaired) electrons. The van der Waals surface area contributed by atoms with Crippen molar-refractivity contribution in [2.24, 2.45) is 7.05 Å². The van der Waals surface area contributed by atoms with Crippen LogP contribution in [0.15, 0.2) is 30.3 Å². The summed E-state index contributed by atoms with van der Waals surface area (Å²) in [5.41, 5.74) is 4.19. The maximum atomic E-state index is 9.05. The molecule has 0 saturated heterocycles. The van der Waals surface area contributed by atoms with Gasteiger partial charge in [-0.05, 0) is 24.6 Å². The van der Waals surface area contributed by atoms with Gasteiger partial charge in [-0.1, -0.05) is 18.2 Å². The molecule has 102 valence electrons. The van der Waals surface area contributed by atoms with Gasteiger partial charge in [-0.25, -0.2) is 0 Å². The van der Waals surface area contributed by atoms with Crippen molar-refractivity contribution in [2.75, 3.05) is 6.61 Å². The standard InChI is InChI=1S/C16H17N3O/c1-11-12(7-13(8-17)19(11)2)9-18-15-10-20-16-6-4-3-5-14(15)16/h3-7,15,18H,9-10H2,1-2H3/t15-/m0/s1. The Hall–Kier alpha value is -2.25. The van der Waals surface area contributed by atoms with Crippen LogP contribution in [0.1, 0.15) is 28.6 Å². The van der Waals surface area contributed by atoms with Crippen molar-refractivity contribution in [1.29, 1.82) is 5.26 Å². The predicted octanol–water partition coefficient (Wildman–Crippen LogP) is 2.43. The lowest BCUT2D eigenvalue weighted by molar-refractivity contribution is 0.310. The second-order valence-electron chi connectivity index (χ2n) is 5.09. The van der Waals surface area contributed by atoms with Gasteiger partial charge in [0.2, 0.25) is 0 Å². The summed E-state index contributed by atoms with van der Waals surface area (Å²) in [6.07, 6.45) is 0. The van der Waals surface area contributed by atoms with Gasteiger partial charge in [-0.2, -0.15) is 5.26 Å². The van der Waals surface area contributed by atoms with E-state index < -0.39 is 0 Å². The molecule has 0 saturated carbocycles. The zero-order valence-corrected chi connectivity index (χ0v) is 11.7. The van der Waals surface area contributed by atoms with Crippen LogP contribution in [-0.2, 0) is 13.6 Å². The molecule has 1 aliphatic rings. The molecular weight excluding hydrogens is 250 g/mol. The molecule has 1 atom stereocenters. The molecule has 0 bridgehead atoms. The Morgan fingerprint density at radius 2 is 2.25 bits per heavy atom. The number of nitriles is 1. The molecule has 1 N–H and O–H groups in total. The second-order valence-corrected chi connectivity index (χ2v) is 5.09. The Kier molecular flexibility index (Phi) is 3.21. The number of hydrogen-bond acceptors (Lipinski definition) is 3. The molecule has 0 aliphatic carbocycles. The molecule has 1 aromatic heterocycles. The van der Waals surface area contributed by atoms with E-state index in [9.17, 15) is 0 Å². The topological polar surface area (TPSA) is 50.0 Å². The van der Waals surface area contributed by atoms with E-state index in [0.717, 1.165) is 23.6 Å². The maximum Gasteiger partial charge on any atom is 0.124 e. The lowest BCUT2D eigenvalue weighted by atomic mass is 10.1. The van der Waals surface area contributed by atoms with Gasteiger partial charge in [-0.15, -0.1) is 0 Å². The molecular formula is C16H17N3O. The van der Waals surface area contributed by atoms with Gasteiger partial charge in [0.1, 0.15) is 24.1 Å². The van der Waals surface area contributed by atoms with Crippen LogP contribution in [0.3, 0.4) is 0 Å². The van der Waals surface area contributed by atoms with Crippen LogP contribution in [0, 0.1) is 18.3 Å². The van der Waals surface area contributed by atoms with Crippen molar-refractivity contribution < 1.29 is 4.74 Å². The molecule has 0 unspecified atom stereocenters. The normalized spacial score (nSPS) is 16.6. The van der Waals surface area contributed by atoms with Crippen LogP contribution < -0.4 is 10.1 Å². The van der Waals surface area contributed by atoms with Gasteiger partial charge in [0.05, 0.1) is 6.04 Å². The van der Waals surface area contributed by atoms with Crippen molar-refractivity contribution in [3.63, 3.8) is 0 Å². The highest BCUT2D eigenvalue weighted by molar-refractivity contribution is 5.39. The fourth-order valence-corrected chi connectivity index (χ4v) is 2.61. The molecule has 0 spiro atoms. The first-order valence-corrected chi connectivity index (χ1v) is 6.71. The third kappa shape index (κ3) is 2.06. The maximum absolute atomic E-state index is 9.05. The SMILES string of the molecule is Cc1c(CN[C@H]2COc3ccccc32)cc(C#N)n1C. The number of ether oxygens (including phenoxy) is 1. The van der Waals surface area contributed by atoms with E-state index in [-0.39, 0.29) is 6.04 Å². The van der Waals surface area contributed by atoms with Crippen molar-refractivity contribution in [3.05, 3.63) is 52.8 Å². The van der Waals surface area contributed by atoms with E-state index in [4.69, 9.17) is 10.00 Å². The van der Waals surface area contributed by atoms with E-state index >= 15 is 0 Å². The molecule has 4 heteroatoms. The summed E-state index contributed by atoms with van der Waals surface area (Å²) in [5.74, 6) is 0.965. The second kappa shape index (κ2) is 5.03. The summed E-state index contributed by atoms with van der Waals surface area (Å²) in [7, 11) is 1.92. The quantitative estimate of drug-likeness (QED) is 0.929. The minimum absolute atomic E-state index is 0.219. The lowest BCUT2D eigenvalue weighted by Gasteiger charge is -2.11. The average molecular weight is 267 g/mol. The minimum Gasteiger partial charge on any atom is -0.491 e. The monoisotopic (exact) mass is 267 g/mol. The van der Waals surface area contributed by atoms with Crippen LogP contribution >= 0.6 is 0 Å². The molecule has 3 rings (SSSR count). The van der Waals surface area contributed by atoms with Gasteiger partial charge < -0.3 is 14.6 Å². The van der Waals surface area contributed by atoms with Crippen LogP contribution in [0.4, 0.5) is 0 Å². The van der Waals surface area contributed by atoms with Crippen molar-refractivity contribution in [1.82, 2.24) is 9.88 Å². The molecule has 0 fully saturated rings. The summed E-state index contributed by atoms with van der Waals surface area (Å²) < 4.78 is 7.59. The van der Waals surface area contributed by atoms with Crippen molar-refractivity contribution >= 4 is 0 Å². The third-order valence-electron chi connectivity index (χ3n) is 3.99. The van der Waals surface area contributed by atoms with E-state index in [2.05, 4.69) is 17.5 Å². The van der Waals surface area contributed by atoms with E-state index in [1.807, 2.05) is 42.8 Å². The molecule has 0 amide bonds. The number of nitrogens with one attached hydrogen (secondary N) is 1. The summed E-state index contributed by atoms with van der Waals surface area (Å²) >= 11 is 0. The first-order valence-electron chi connectivity index (χ1n) is 6.71. The molecule has 4 nitrogen and oxygen atoms in total. The van der Waals surface area contributed by atoms with Crippen LogP contribution in [0.2, 0.25) is 0 Å². The number of aromatic nitrogens is 1. The fourth-order valence-electron chi connectivity index (χ4n) is 2.61. The number of para-hydroxylation sites is 1. The van der Waals surface area contributed by atoms with Gasteiger partial charge in [0.15, 0.2) is 0 Å². The molecule has 2 aromatic rings. The number of benzene rings is 1. The lowest BCUT2D eigenvalue weighted by Crippen LogP contribution is -2.22. The summed E-state index contributed by atoms with van der Waals surface area (Å²) in [6, 6.07) is 12.5. The highest BCUT2D eigenvalue weighted by Crippen LogP contribution is 2.31. The van der Waals surface area contributed by atoms with Crippen LogP contribution in [-0.4, -0.2) is 11.2 Å². The van der Waals surface area contributed by atoms with E-state index in [1.165, 1.54) is 5.56 Å². The minimum atomic E-state index is 0.219. The largest absolute Gasteiger partial charge is 0.491 e. The van der Waals surface area contributed by atoms with Crippen molar-refractivity contribution in [3.8, 4) is 11.8 Å². The van der Waals surface area contributed by atoms with Gasteiger partial charge in [-0.3, -0.25) is 0 Å². The Morgan fingerprint density at radius 3 is 3.00 bits per heavy atom. The van der Waals surface area contributed by atoms with Gasteiger partial charge in [0, 0.05) is 24.8 Å². The Bertz CT molecular complexity index is 682.